The number of aliphatic hydroxyl groups is 1. The third-order valence-corrected chi connectivity index (χ3v) is 4.30. The Morgan fingerprint density at radius 2 is 1.95 bits per heavy atom. The number of hydrogen-bond acceptors (Lipinski definition) is 3. The Bertz CT molecular complexity index is 359. The number of carbonyl (C=O) groups excluding carboxylic acids is 2. The average molecular weight is 269 g/mol. The second-order valence-corrected chi connectivity index (χ2v) is 5.70. The second kappa shape index (κ2) is 5.77. The molecule has 2 rings (SSSR count). The molecule has 6 nitrogen and oxygen atoms in total. The molecule has 0 spiro atoms. The highest BCUT2D eigenvalue weighted by Gasteiger charge is 2.35. The van der Waals surface area contributed by atoms with Gasteiger partial charge in [0, 0.05) is 32.1 Å². The fourth-order valence-corrected chi connectivity index (χ4v) is 3.02. The molecule has 0 bridgehead atoms. The predicted molar refractivity (Wildman–Crippen MR) is 70.2 cm³/mol. The zero-order chi connectivity index (χ0) is 14.0. The number of rotatable bonds is 2. The van der Waals surface area contributed by atoms with Gasteiger partial charge in [-0.1, -0.05) is 0 Å². The largest absolute Gasteiger partial charge is 0.393 e. The van der Waals surface area contributed by atoms with Crippen molar-refractivity contribution in [3.8, 4) is 0 Å². The fraction of sp³-hybridized carbons (Fsp3) is 0.846. The first-order valence-corrected chi connectivity index (χ1v) is 7.00. The van der Waals surface area contributed by atoms with Crippen molar-refractivity contribution in [1.82, 2.24) is 9.80 Å². The zero-order valence-corrected chi connectivity index (χ0v) is 11.4. The van der Waals surface area contributed by atoms with Gasteiger partial charge >= 0.3 is 6.03 Å². The SMILES string of the molecule is CC(O)C1CCN(C(=O)C2CCCN(C(N)=O)C2)C1. The number of piperidine rings is 1. The predicted octanol–water partition coefficient (Wildman–Crippen LogP) is 0.00640. The summed E-state index contributed by atoms with van der Waals surface area (Å²) in [4.78, 5) is 27.0. The molecule has 2 heterocycles. The molecule has 0 radical (unpaired) electrons. The summed E-state index contributed by atoms with van der Waals surface area (Å²) >= 11 is 0. The molecule has 3 N–H and O–H groups in total. The van der Waals surface area contributed by atoms with Gasteiger partial charge in [-0.2, -0.15) is 0 Å². The van der Waals surface area contributed by atoms with E-state index in [0.717, 1.165) is 19.3 Å². The van der Waals surface area contributed by atoms with Crippen LogP contribution in [0.15, 0.2) is 0 Å². The van der Waals surface area contributed by atoms with E-state index in [1.165, 1.54) is 0 Å². The van der Waals surface area contributed by atoms with Crippen LogP contribution in [0.25, 0.3) is 0 Å². The van der Waals surface area contributed by atoms with Crippen molar-refractivity contribution in [2.24, 2.45) is 17.6 Å². The van der Waals surface area contributed by atoms with Crippen LogP contribution in [0.3, 0.4) is 0 Å². The van der Waals surface area contributed by atoms with Crippen LogP contribution in [-0.4, -0.2) is 59.1 Å². The first-order valence-electron chi connectivity index (χ1n) is 7.00. The minimum absolute atomic E-state index is 0.106. The molecular formula is C13H23N3O3. The van der Waals surface area contributed by atoms with E-state index < -0.39 is 6.03 Å². The lowest BCUT2D eigenvalue weighted by Gasteiger charge is -2.33. The van der Waals surface area contributed by atoms with E-state index in [2.05, 4.69) is 0 Å². The highest BCUT2D eigenvalue weighted by Crippen LogP contribution is 2.24. The van der Waals surface area contributed by atoms with Crippen molar-refractivity contribution in [2.75, 3.05) is 26.2 Å². The molecule has 108 valence electrons. The Labute approximate surface area is 113 Å². The number of likely N-dealkylation sites (tertiary alicyclic amines) is 2. The molecule has 2 fully saturated rings. The Balaban J connectivity index is 1.91. The van der Waals surface area contributed by atoms with Gasteiger partial charge < -0.3 is 20.6 Å². The van der Waals surface area contributed by atoms with Crippen LogP contribution in [0.1, 0.15) is 26.2 Å². The number of primary amides is 1. The molecule has 3 atom stereocenters. The van der Waals surface area contributed by atoms with Crippen LogP contribution < -0.4 is 5.73 Å². The number of carbonyl (C=O) groups is 2. The number of nitrogens with two attached hydrogens (primary N) is 1. The summed E-state index contributed by atoms with van der Waals surface area (Å²) in [5.74, 6) is 0.155. The van der Waals surface area contributed by atoms with Crippen molar-refractivity contribution in [3.05, 3.63) is 0 Å². The van der Waals surface area contributed by atoms with Crippen LogP contribution in [-0.2, 0) is 4.79 Å². The number of urea groups is 1. The zero-order valence-electron chi connectivity index (χ0n) is 11.4. The van der Waals surface area contributed by atoms with Gasteiger partial charge in [-0.3, -0.25) is 4.79 Å². The topological polar surface area (TPSA) is 86.9 Å². The lowest BCUT2D eigenvalue weighted by Crippen LogP contribution is -2.48. The molecule has 0 aliphatic carbocycles. The van der Waals surface area contributed by atoms with E-state index in [-0.39, 0.29) is 23.8 Å². The minimum atomic E-state index is -0.444. The van der Waals surface area contributed by atoms with Crippen molar-refractivity contribution in [2.45, 2.75) is 32.3 Å². The van der Waals surface area contributed by atoms with Gasteiger partial charge in [0.25, 0.3) is 0 Å². The Hall–Kier alpha value is -1.30. The average Bonchev–Trinajstić information content (AvgIpc) is 2.87. The monoisotopic (exact) mass is 269 g/mol. The lowest BCUT2D eigenvalue weighted by atomic mass is 9.96. The Kier molecular flexibility index (Phi) is 4.29. The van der Waals surface area contributed by atoms with E-state index in [4.69, 9.17) is 5.73 Å². The molecule has 2 aliphatic rings. The normalized spacial score (nSPS) is 29.4. The molecule has 2 saturated heterocycles. The molecule has 0 aromatic heterocycles. The Morgan fingerprint density at radius 3 is 2.53 bits per heavy atom. The summed E-state index contributed by atoms with van der Waals surface area (Å²) in [6.07, 6.45) is 2.13. The lowest BCUT2D eigenvalue weighted by molar-refractivity contribution is -0.136. The van der Waals surface area contributed by atoms with Crippen molar-refractivity contribution >= 4 is 11.9 Å². The molecule has 0 aromatic rings. The molecule has 19 heavy (non-hydrogen) atoms. The first-order chi connectivity index (χ1) is 8.99. The highest BCUT2D eigenvalue weighted by atomic mass is 16.3. The number of amides is 3. The van der Waals surface area contributed by atoms with E-state index in [0.29, 0.717) is 26.2 Å². The van der Waals surface area contributed by atoms with Gasteiger partial charge in [-0.25, -0.2) is 4.79 Å². The van der Waals surface area contributed by atoms with Crippen molar-refractivity contribution in [1.29, 1.82) is 0 Å². The first kappa shape index (κ1) is 14.1. The number of aliphatic hydroxyl groups excluding tert-OH is 1. The van der Waals surface area contributed by atoms with E-state index in [1.807, 2.05) is 4.90 Å². The third kappa shape index (κ3) is 3.18. The van der Waals surface area contributed by atoms with Crippen LogP contribution in [0, 0.1) is 11.8 Å². The Morgan fingerprint density at radius 1 is 1.21 bits per heavy atom. The minimum Gasteiger partial charge on any atom is -0.393 e. The van der Waals surface area contributed by atoms with E-state index >= 15 is 0 Å². The molecule has 0 saturated carbocycles. The highest BCUT2D eigenvalue weighted by molar-refractivity contribution is 5.80. The molecular weight excluding hydrogens is 246 g/mol. The quantitative estimate of drug-likeness (QED) is 0.740. The summed E-state index contributed by atoms with van der Waals surface area (Å²) in [5, 5.41) is 9.57. The van der Waals surface area contributed by atoms with Gasteiger partial charge in [0.05, 0.1) is 12.0 Å². The number of nitrogens with zero attached hydrogens (tertiary/aromatic N) is 2. The molecule has 0 aromatic carbocycles. The maximum absolute atomic E-state index is 12.4. The summed E-state index contributed by atoms with van der Waals surface area (Å²) in [6.45, 7) is 4.19. The summed E-state index contributed by atoms with van der Waals surface area (Å²) in [7, 11) is 0. The van der Waals surface area contributed by atoms with E-state index in [9.17, 15) is 14.7 Å². The second-order valence-electron chi connectivity index (χ2n) is 5.70. The smallest absolute Gasteiger partial charge is 0.314 e. The van der Waals surface area contributed by atoms with Gasteiger partial charge in [0.15, 0.2) is 0 Å². The van der Waals surface area contributed by atoms with Crippen LogP contribution in [0.5, 0.6) is 0 Å². The van der Waals surface area contributed by atoms with Gasteiger partial charge in [-0.15, -0.1) is 0 Å². The summed E-state index contributed by atoms with van der Waals surface area (Å²) in [5.41, 5.74) is 5.27. The summed E-state index contributed by atoms with van der Waals surface area (Å²) in [6, 6.07) is -0.444. The molecule has 3 unspecified atom stereocenters. The standard InChI is InChI=1S/C13H23N3O3/c1-9(17)10-4-6-15(7-10)12(18)11-3-2-5-16(8-11)13(14)19/h9-11,17H,2-8H2,1H3,(H2,14,19). The summed E-state index contributed by atoms with van der Waals surface area (Å²) < 4.78 is 0. The maximum atomic E-state index is 12.4. The van der Waals surface area contributed by atoms with Crippen LogP contribution in [0.2, 0.25) is 0 Å². The molecule has 3 amide bonds. The molecule has 6 heteroatoms. The van der Waals surface area contributed by atoms with E-state index in [1.54, 1.807) is 11.8 Å². The third-order valence-electron chi connectivity index (χ3n) is 4.30. The number of hydrogen-bond donors (Lipinski definition) is 2. The van der Waals surface area contributed by atoms with Gasteiger partial charge in [0.2, 0.25) is 5.91 Å². The van der Waals surface area contributed by atoms with Crippen molar-refractivity contribution in [3.63, 3.8) is 0 Å². The molecule has 2 aliphatic heterocycles. The van der Waals surface area contributed by atoms with Gasteiger partial charge in [-0.05, 0) is 26.2 Å². The maximum Gasteiger partial charge on any atom is 0.314 e. The van der Waals surface area contributed by atoms with Crippen LogP contribution in [0.4, 0.5) is 4.79 Å². The van der Waals surface area contributed by atoms with Crippen molar-refractivity contribution < 1.29 is 14.7 Å². The fourth-order valence-electron chi connectivity index (χ4n) is 3.02. The van der Waals surface area contributed by atoms with Crippen LogP contribution >= 0.6 is 0 Å². The van der Waals surface area contributed by atoms with Gasteiger partial charge in [0.1, 0.15) is 0 Å².